The van der Waals surface area contributed by atoms with Crippen molar-refractivity contribution in [2.24, 2.45) is 5.73 Å². The van der Waals surface area contributed by atoms with Crippen LogP contribution in [0.3, 0.4) is 0 Å². The van der Waals surface area contributed by atoms with Gasteiger partial charge in [0, 0.05) is 19.2 Å². The van der Waals surface area contributed by atoms with E-state index in [1.54, 1.807) is 11.3 Å². The molecule has 0 aliphatic heterocycles. The third kappa shape index (κ3) is 3.40. The van der Waals surface area contributed by atoms with E-state index >= 15 is 0 Å². The third-order valence-corrected chi connectivity index (χ3v) is 5.52. The van der Waals surface area contributed by atoms with Crippen LogP contribution in [0.5, 0.6) is 0 Å². The predicted octanol–water partition coefficient (Wildman–Crippen LogP) is 5.51. The first-order valence-electron chi connectivity index (χ1n) is 6.10. The first-order chi connectivity index (χ1) is 8.79. The van der Waals surface area contributed by atoms with E-state index in [0.29, 0.717) is 5.02 Å². The lowest BCUT2D eigenvalue weighted by atomic mass is 9.95. The molecule has 4 heteroatoms. The van der Waals surface area contributed by atoms with Crippen LogP contribution >= 0.6 is 38.9 Å². The minimum absolute atomic E-state index is 0.144. The highest BCUT2D eigenvalue weighted by Gasteiger charge is 2.20. The molecule has 0 saturated heterocycles. The lowest BCUT2D eigenvalue weighted by Gasteiger charge is -2.16. The van der Waals surface area contributed by atoms with Crippen molar-refractivity contribution >= 4 is 38.9 Å². The van der Waals surface area contributed by atoms with Crippen LogP contribution in [-0.4, -0.2) is 0 Å². The van der Waals surface area contributed by atoms with E-state index in [0.717, 1.165) is 14.9 Å². The van der Waals surface area contributed by atoms with Gasteiger partial charge in [0.1, 0.15) is 0 Å². The van der Waals surface area contributed by atoms with E-state index in [1.807, 2.05) is 18.2 Å². The molecular formula is C15H17BrClNS. The highest BCUT2D eigenvalue weighted by atomic mass is 79.9. The zero-order valence-corrected chi connectivity index (χ0v) is 14.4. The first kappa shape index (κ1) is 15.0. The largest absolute Gasteiger partial charge is 0.320 e. The summed E-state index contributed by atoms with van der Waals surface area (Å²) in [6, 6.07) is 9.86. The van der Waals surface area contributed by atoms with Crippen molar-refractivity contribution in [3.63, 3.8) is 0 Å². The fourth-order valence-corrected chi connectivity index (χ4v) is 3.59. The summed E-state index contributed by atoms with van der Waals surface area (Å²) in [5, 5.41) is 0.709. The van der Waals surface area contributed by atoms with E-state index in [-0.39, 0.29) is 11.5 Å². The molecule has 0 saturated carbocycles. The molecule has 1 nitrogen and oxygen atoms in total. The summed E-state index contributed by atoms with van der Waals surface area (Å²) in [5.41, 5.74) is 7.55. The van der Waals surface area contributed by atoms with Crippen LogP contribution in [0.2, 0.25) is 5.02 Å². The fourth-order valence-electron chi connectivity index (χ4n) is 1.83. The maximum absolute atomic E-state index is 6.36. The number of nitrogens with two attached hydrogens (primary N) is 1. The molecule has 1 aromatic carbocycles. The molecular weight excluding hydrogens is 342 g/mol. The van der Waals surface area contributed by atoms with Gasteiger partial charge in [-0.15, -0.1) is 11.3 Å². The van der Waals surface area contributed by atoms with Gasteiger partial charge in [-0.2, -0.15) is 0 Å². The van der Waals surface area contributed by atoms with Crippen LogP contribution in [0.25, 0.3) is 0 Å². The molecule has 2 rings (SSSR count). The summed E-state index contributed by atoms with van der Waals surface area (Å²) in [5.74, 6) is 0. The van der Waals surface area contributed by atoms with Gasteiger partial charge in [0.15, 0.2) is 0 Å². The quantitative estimate of drug-likeness (QED) is 0.752. The number of hydrogen-bond acceptors (Lipinski definition) is 2. The summed E-state index contributed by atoms with van der Waals surface area (Å²) in [4.78, 5) is 2.50. The topological polar surface area (TPSA) is 26.0 Å². The number of rotatable bonds is 2. The fraction of sp³-hybridized carbons (Fsp3) is 0.333. The monoisotopic (exact) mass is 357 g/mol. The highest BCUT2D eigenvalue weighted by Crippen LogP contribution is 2.36. The molecule has 0 fully saturated rings. The zero-order valence-electron chi connectivity index (χ0n) is 11.2. The average Bonchev–Trinajstić information content (AvgIpc) is 2.80. The Morgan fingerprint density at radius 1 is 1.21 bits per heavy atom. The molecule has 1 atom stereocenters. The van der Waals surface area contributed by atoms with Crippen LogP contribution in [0.4, 0.5) is 0 Å². The Balaban J connectivity index is 2.36. The molecule has 1 aromatic heterocycles. The lowest BCUT2D eigenvalue weighted by molar-refractivity contribution is 0.604. The van der Waals surface area contributed by atoms with Crippen molar-refractivity contribution in [2.45, 2.75) is 32.2 Å². The van der Waals surface area contributed by atoms with Crippen molar-refractivity contribution < 1.29 is 0 Å². The van der Waals surface area contributed by atoms with Gasteiger partial charge in [-0.25, -0.2) is 0 Å². The average molecular weight is 359 g/mol. The maximum atomic E-state index is 6.36. The van der Waals surface area contributed by atoms with Crippen LogP contribution in [0.1, 0.15) is 42.1 Å². The Morgan fingerprint density at radius 3 is 2.47 bits per heavy atom. The van der Waals surface area contributed by atoms with Gasteiger partial charge in [0.25, 0.3) is 0 Å². The molecule has 0 radical (unpaired) electrons. The summed E-state index contributed by atoms with van der Waals surface area (Å²) < 4.78 is 0.995. The van der Waals surface area contributed by atoms with Gasteiger partial charge >= 0.3 is 0 Å². The summed E-state index contributed by atoms with van der Waals surface area (Å²) in [6.07, 6.45) is 0. The normalized spacial score (nSPS) is 13.6. The molecule has 0 bridgehead atoms. The second-order valence-electron chi connectivity index (χ2n) is 5.60. The molecule has 0 spiro atoms. The van der Waals surface area contributed by atoms with E-state index in [2.05, 4.69) is 48.8 Å². The van der Waals surface area contributed by atoms with Crippen LogP contribution in [0.15, 0.2) is 34.8 Å². The number of hydrogen-bond donors (Lipinski definition) is 1. The SMILES string of the molecule is CC(C)(C)c1ccc(C(N)c2cc(Cl)ccc2Br)s1. The molecule has 19 heavy (non-hydrogen) atoms. The summed E-state index contributed by atoms with van der Waals surface area (Å²) >= 11 is 11.4. The van der Waals surface area contributed by atoms with E-state index in [4.69, 9.17) is 17.3 Å². The van der Waals surface area contributed by atoms with Gasteiger partial charge < -0.3 is 5.73 Å². The summed E-state index contributed by atoms with van der Waals surface area (Å²) in [7, 11) is 0. The molecule has 2 aromatic rings. The number of benzene rings is 1. The molecule has 1 unspecified atom stereocenters. The second-order valence-corrected chi connectivity index (χ2v) is 8.00. The van der Waals surface area contributed by atoms with Crippen LogP contribution in [-0.2, 0) is 5.41 Å². The van der Waals surface area contributed by atoms with Gasteiger partial charge in [-0.3, -0.25) is 0 Å². The first-order valence-corrected chi connectivity index (χ1v) is 8.08. The zero-order chi connectivity index (χ0) is 14.2. The van der Waals surface area contributed by atoms with E-state index in [9.17, 15) is 0 Å². The van der Waals surface area contributed by atoms with Crippen molar-refractivity contribution in [3.05, 3.63) is 55.1 Å². The minimum atomic E-state index is -0.144. The van der Waals surface area contributed by atoms with Gasteiger partial charge in [0.05, 0.1) is 6.04 Å². The number of halogens is 2. The standard InChI is InChI=1S/C15H17BrClNS/c1-15(2,3)13-7-6-12(19-13)14(18)10-8-9(17)4-5-11(10)16/h4-8,14H,18H2,1-3H3. The second kappa shape index (κ2) is 5.57. The van der Waals surface area contributed by atoms with Crippen molar-refractivity contribution in [2.75, 3.05) is 0 Å². The summed E-state index contributed by atoms with van der Waals surface area (Å²) in [6.45, 7) is 6.64. The van der Waals surface area contributed by atoms with Gasteiger partial charge in [-0.05, 0) is 41.3 Å². The van der Waals surface area contributed by atoms with Crippen molar-refractivity contribution in [1.82, 2.24) is 0 Å². The van der Waals surface area contributed by atoms with E-state index in [1.165, 1.54) is 4.88 Å². The van der Waals surface area contributed by atoms with Crippen molar-refractivity contribution in [3.8, 4) is 0 Å². The Bertz CT molecular complexity index is 586. The number of thiophene rings is 1. The lowest BCUT2D eigenvalue weighted by Crippen LogP contribution is -2.11. The minimum Gasteiger partial charge on any atom is -0.320 e. The predicted molar refractivity (Wildman–Crippen MR) is 88.2 cm³/mol. The molecule has 2 N–H and O–H groups in total. The van der Waals surface area contributed by atoms with Gasteiger partial charge in [-0.1, -0.05) is 48.3 Å². The van der Waals surface area contributed by atoms with Gasteiger partial charge in [0.2, 0.25) is 0 Å². The Morgan fingerprint density at radius 2 is 1.89 bits per heavy atom. The van der Waals surface area contributed by atoms with Crippen molar-refractivity contribution in [1.29, 1.82) is 0 Å². The van der Waals surface area contributed by atoms with E-state index < -0.39 is 0 Å². The molecule has 0 aliphatic rings. The Hall–Kier alpha value is -0.350. The molecule has 1 heterocycles. The maximum Gasteiger partial charge on any atom is 0.0657 e. The Kier molecular flexibility index (Phi) is 4.41. The molecule has 0 aliphatic carbocycles. The third-order valence-electron chi connectivity index (χ3n) is 2.97. The highest BCUT2D eigenvalue weighted by molar-refractivity contribution is 9.10. The van der Waals surface area contributed by atoms with Crippen LogP contribution < -0.4 is 5.73 Å². The Labute approximate surface area is 131 Å². The van der Waals surface area contributed by atoms with Crippen LogP contribution in [0, 0.1) is 0 Å². The molecule has 0 amide bonds. The smallest absolute Gasteiger partial charge is 0.0657 e. The molecule has 102 valence electrons.